The van der Waals surface area contributed by atoms with Gasteiger partial charge in [0.1, 0.15) is 0 Å². The van der Waals surface area contributed by atoms with E-state index in [1.54, 1.807) is 11.0 Å². The van der Waals surface area contributed by atoms with E-state index in [1.165, 1.54) is 17.8 Å². The van der Waals surface area contributed by atoms with Crippen LogP contribution in [0.15, 0.2) is 15.9 Å². The van der Waals surface area contributed by atoms with E-state index in [2.05, 4.69) is 28.2 Å². The summed E-state index contributed by atoms with van der Waals surface area (Å²) in [6.07, 6.45) is 3.71. The largest absolute Gasteiger partial charge is 0.342 e. The number of nitrogens with zero attached hydrogens (tertiary/aromatic N) is 2. The molecule has 1 aromatic heterocycles. The van der Waals surface area contributed by atoms with Crippen LogP contribution in [0.5, 0.6) is 0 Å². The lowest BCUT2D eigenvalue weighted by molar-refractivity contribution is -0.141. The van der Waals surface area contributed by atoms with E-state index in [-0.39, 0.29) is 30.2 Å². The number of nitrogens with one attached hydrogen (secondary N) is 1. The lowest BCUT2D eigenvalue weighted by Crippen LogP contribution is -2.48. The van der Waals surface area contributed by atoms with Crippen molar-refractivity contribution >= 4 is 45.0 Å². The molecule has 2 aliphatic rings. The number of piperidine rings is 2. The summed E-state index contributed by atoms with van der Waals surface area (Å²) in [4.78, 5) is 41.5. The van der Waals surface area contributed by atoms with Crippen LogP contribution in [-0.2, 0) is 9.59 Å². The zero-order chi connectivity index (χ0) is 19.4. The van der Waals surface area contributed by atoms with Gasteiger partial charge in [0, 0.05) is 32.1 Å². The zero-order valence-corrected chi connectivity index (χ0v) is 18.0. The smallest absolute Gasteiger partial charge is 0.261 e. The molecule has 1 N–H and O–H groups in total. The van der Waals surface area contributed by atoms with Crippen molar-refractivity contribution < 1.29 is 14.4 Å². The van der Waals surface area contributed by atoms with Gasteiger partial charge in [0.15, 0.2) is 0 Å². The van der Waals surface area contributed by atoms with Gasteiger partial charge in [-0.2, -0.15) is 0 Å². The molecule has 0 radical (unpaired) electrons. The molecule has 6 nitrogen and oxygen atoms in total. The van der Waals surface area contributed by atoms with Gasteiger partial charge in [0.25, 0.3) is 5.91 Å². The van der Waals surface area contributed by atoms with Crippen molar-refractivity contribution in [3.8, 4) is 0 Å². The maximum atomic E-state index is 12.7. The molecule has 148 valence electrons. The summed E-state index contributed by atoms with van der Waals surface area (Å²) in [7, 11) is 0. The maximum absolute atomic E-state index is 12.7. The predicted octanol–water partition coefficient (Wildman–Crippen LogP) is 2.74. The lowest BCUT2D eigenvalue weighted by Gasteiger charge is -2.37. The van der Waals surface area contributed by atoms with E-state index in [0.29, 0.717) is 36.7 Å². The van der Waals surface area contributed by atoms with Crippen LogP contribution >= 0.6 is 27.3 Å². The van der Waals surface area contributed by atoms with E-state index in [0.717, 1.165) is 23.3 Å². The topological polar surface area (TPSA) is 69.7 Å². The Hall–Kier alpha value is -1.41. The molecule has 3 amide bonds. The van der Waals surface area contributed by atoms with Crippen molar-refractivity contribution in [2.24, 2.45) is 11.8 Å². The molecule has 8 heteroatoms. The third kappa shape index (κ3) is 5.31. The first kappa shape index (κ1) is 20.3. The van der Waals surface area contributed by atoms with Gasteiger partial charge >= 0.3 is 0 Å². The third-order valence-electron chi connectivity index (χ3n) is 5.36. The molecule has 1 atom stereocenters. The van der Waals surface area contributed by atoms with Crippen LogP contribution < -0.4 is 5.32 Å². The number of thiophene rings is 1. The van der Waals surface area contributed by atoms with Crippen LogP contribution in [0.25, 0.3) is 0 Å². The Morgan fingerprint density at radius 2 is 1.89 bits per heavy atom. The molecule has 2 fully saturated rings. The summed E-state index contributed by atoms with van der Waals surface area (Å²) in [5.41, 5.74) is 0. The number of hydrogen-bond acceptors (Lipinski definition) is 4. The quantitative estimate of drug-likeness (QED) is 0.758. The molecule has 0 saturated carbocycles. The molecule has 1 aromatic rings. The number of halogens is 1. The number of carbonyl (C=O) groups excluding carboxylic acids is 3. The molecule has 0 spiro atoms. The first-order valence-corrected chi connectivity index (χ1v) is 11.1. The van der Waals surface area contributed by atoms with E-state index >= 15 is 0 Å². The first-order valence-electron chi connectivity index (χ1n) is 9.54. The number of amides is 3. The van der Waals surface area contributed by atoms with Crippen molar-refractivity contribution in [3.05, 3.63) is 20.8 Å². The molecular formula is C19H26BrN3O3S. The Labute approximate surface area is 172 Å². The van der Waals surface area contributed by atoms with Crippen LogP contribution in [0.4, 0.5) is 0 Å². The Balaban J connectivity index is 1.42. The SMILES string of the molecule is CC1CCCN(C(=O)C2CCN(C(=O)CNC(=O)c3ccc(Br)s3)CC2)C1. The molecule has 3 rings (SSSR count). The van der Waals surface area contributed by atoms with Gasteiger partial charge < -0.3 is 15.1 Å². The Kier molecular flexibility index (Phi) is 6.92. The zero-order valence-electron chi connectivity index (χ0n) is 15.6. The van der Waals surface area contributed by atoms with Gasteiger partial charge in [0.05, 0.1) is 15.2 Å². The Morgan fingerprint density at radius 3 is 2.52 bits per heavy atom. The van der Waals surface area contributed by atoms with Crippen molar-refractivity contribution in [1.82, 2.24) is 15.1 Å². The maximum Gasteiger partial charge on any atom is 0.261 e. The van der Waals surface area contributed by atoms with Crippen molar-refractivity contribution in [3.63, 3.8) is 0 Å². The fourth-order valence-electron chi connectivity index (χ4n) is 3.81. The standard InChI is InChI=1S/C19H26BrN3O3S/c1-13-3-2-8-23(12-13)19(26)14-6-9-22(10-7-14)17(24)11-21-18(25)15-4-5-16(20)27-15/h4-5,13-14H,2-3,6-12H2,1H3,(H,21,25). The molecule has 0 aliphatic carbocycles. The summed E-state index contributed by atoms with van der Waals surface area (Å²) in [6.45, 7) is 5.09. The van der Waals surface area contributed by atoms with Crippen LogP contribution in [0, 0.1) is 11.8 Å². The molecule has 0 bridgehead atoms. The fraction of sp³-hybridized carbons (Fsp3) is 0.632. The van der Waals surface area contributed by atoms with Crippen molar-refractivity contribution in [2.45, 2.75) is 32.6 Å². The second-order valence-electron chi connectivity index (χ2n) is 7.47. The second kappa shape index (κ2) is 9.19. The highest BCUT2D eigenvalue weighted by atomic mass is 79.9. The Bertz CT molecular complexity index is 700. The first-order chi connectivity index (χ1) is 12.9. The molecule has 2 aliphatic heterocycles. The van der Waals surface area contributed by atoms with Gasteiger partial charge in [-0.3, -0.25) is 14.4 Å². The second-order valence-corrected chi connectivity index (χ2v) is 9.94. The predicted molar refractivity (Wildman–Crippen MR) is 109 cm³/mol. The van der Waals surface area contributed by atoms with Gasteiger partial charge in [-0.15, -0.1) is 11.3 Å². The van der Waals surface area contributed by atoms with Crippen molar-refractivity contribution in [2.75, 3.05) is 32.7 Å². The summed E-state index contributed by atoms with van der Waals surface area (Å²) in [6, 6.07) is 3.54. The van der Waals surface area contributed by atoms with Crippen LogP contribution in [0.2, 0.25) is 0 Å². The molecular weight excluding hydrogens is 430 g/mol. The highest BCUT2D eigenvalue weighted by Gasteiger charge is 2.31. The van der Waals surface area contributed by atoms with Gasteiger partial charge in [-0.05, 0) is 59.7 Å². The van der Waals surface area contributed by atoms with E-state index < -0.39 is 0 Å². The Morgan fingerprint density at radius 1 is 1.15 bits per heavy atom. The van der Waals surface area contributed by atoms with E-state index in [4.69, 9.17) is 0 Å². The summed E-state index contributed by atoms with van der Waals surface area (Å²) < 4.78 is 0.883. The average molecular weight is 456 g/mol. The average Bonchev–Trinajstić information content (AvgIpc) is 3.12. The monoisotopic (exact) mass is 455 g/mol. The normalized spacial score (nSPS) is 21.2. The summed E-state index contributed by atoms with van der Waals surface area (Å²) in [5.74, 6) is 0.541. The minimum atomic E-state index is -0.233. The minimum absolute atomic E-state index is 0.00337. The molecule has 3 heterocycles. The summed E-state index contributed by atoms with van der Waals surface area (Å²) >= 11 is 4.66. The van der Waals surface area contributed by atoms with Crippen molar-refractivity contribution in [1.29, 1.82) is 0 Å². The number of hydrogen-bond donors (Lipinski definition) is 1. The van der Waals surface area contributed by atoms with Gasteiger partial charge in [0.2, 0.25) is 11.8 Å². The van der Waals surface area contributed by atoms with Gasteiger partial charge in [-0.25, -0.2) is 0 Å². The minimum Gasteiger partial charge on any atom is -0.342 e. The number of carbonyl (C=O) groups is 3. The van der Waals surface area contributed by atoms with Crippen LogP contribution in [0.3, 0.4) is 0 Å². The molecule has 0 aromatic carbocycles. The lowest BCUT2D eigenvalue weighted by atomic mass is 9.92. The fourth-order valence-corrected chi connectivity index (χ4v) is 5.12. The van der Waals surface area contributed by atoms with Crippen LogP contribution in [-0.4, -0.2) is 60.2 Å². The van der Waals surface area contributed by atoms with E-state index in [1.807, 2.05) is 11.0 Å². The number of likely N-dealkylation sites (tertiary alicyclic amines) is 2. The highest BCUT2D eigenvalue weighted by Crippen LogP contribution is 2.24. The third-order valence-corrected chi connectivity index (χ3v) is 6.99. The van der Waals surface area contributed by atoms with E-state index in [9.17, 15) is 14.4 Å². The highest BCUT2D eigenvalue weighted by molar-refractivity contribution is 9.11. The number of rotatable bonds is 4. The van der Waals surface area contributed by atoms with Crippen LogP contribution in [0.1, 0.15) is 42.3 Å². The molecule has 1 unspecified atom stereocenters. The van der Waals surface area contributed by atoms with Gasteiger partial charge in [-0.1, -0.05) is 6.92 Å². The summed E-state index contributed by atoms with van der Waals surface area (Å²) in [5, 5.41) is 2.68. The molecule has 2 saturated heterocycles. The molecule has 27 heavy (non-hydrogen) atoms.